The van der Waals surface area contributed by atoms with Gasteiger partial charge in [-0.3, -0.25) is 29.4 Å². The number of alkyl halides is 2. The summed E-state index contributed by atoms with van der Waals surface area (Å²) in [6, 6.07) is 1.97. The van der Waals surface area contributed by atoms with Crippen molar-refractivity contribution in [3.05, 3.63) is 23.3 Å². The predicted octanol–water partition coefficient (Wildman–Crippen LogP) is 2.71. The first-order valence-corrected chi connectivity index (χ1v) is 13.0. The molecule has 0 bridgehead atoms. The molecule has 11 heteroatoms. The van der Waals surface area contributed by atoms with E-state index in [0.29, 0.717) is 18.5 Å². The molecule has 200 valence electrons. The lowest BCUT2D eigenvalue weighted by molar-refractivity contribution is -0.136. The highest BCUT2D eigenvalue weighted by molar-refractivity contribution is 6.25. The molecule has 1 aromatic carbocycles. The van der Waals surface area contributed by atoms with E-state index in [2.05, 4.69) is 10.6 Å². The summed E-state index contributed by atoms with van der Waals surface area (Å²) in [5, 5.41) is 16.9. The molecule has 0 spiro atoms. The Morgan fingerprint density at radius 2 is 1.73 bits per heavy atom. The van der Waals surface area contributed by atoms with E-state index in [4.69, 9.17) is 0 Å². The van der Waals surface area contributed by atoms with Crippen molar-refractivity contribution in [2.75, 3.05) is 11.9 Å². The number of hydrogen-bond donors (Lipinski definition) is 3. The number of anilines is 1. The zero-order valence-electron chi connectivity index (χ0n) is 20.8. The first kappa shape index (κ1) is 25.6. The van der Waals surface area contributed by atoms with Crippen molar-refractivity contribution >= 4 is 29.3 Å². The lowest BCUT2D eigenvalue weighted by Gasteiger charge is -2.42. The van der Waals surface area contributed by atoms with Crippen LogP contribution in [0.1, 0.15) is 84.9 Å². The second kappa shape index (κ2) is 9.66. The molecule has 1 saturated heterocycles. The van der Waals surface area contributed by atoms with E-state index >= 15 is 0 Å². The minimum Gasteiger partial charge on any atom is -0.505 e. The van der Waals surface area contributed by atoms with Gasteiger partial charge in [0.1, 0.15) is 6.04 Å². The highest BCUT2D eigenvalue weighted by Gasteiger charge is 2.47. The number of benzene rings is 1. The van der Waals surface area contributed by atoms with Crippen LogP contribution in [0, 0.1) is 0 Å². The predicted molar refractivity (Wildman–Crippen MR) is 130 cm³/mol. The van der Waals surface area contributed by atoms with Gasteiger partial charge in [-0.2, -0.15) is 0 Å². The Labute approximate surface area is 213 Å². The molecule has 1 aromatic rings. The van der Waals surface area contributed by atoms with Crippen LogP contribution in [-0.4, -0.2) is 70.8 Å². The molecule has 9 nitrogen and oxygen atoms in total. The summed E-state index contributed by atoms with van der Waals surface area (Å²) >= 11 is 0. The van der Waals surface area contributed by atoms with Crippen LogP contribution in [0.4, 0.5) is 14.5 Å². The molecule has 0 radical (unpaired) electrons. The monoisotopic (exact) mass is 518 g/mol. The number of halogens is 2. The van der Waals surface area contributed by atoms with Crippen molar-refractivity contribution in [3.8, 4) is 5.75 Å². The van der Waals surface area contributed by atoms with Crippen molar-refractivity contribution in [2.24, 2.45) is 0 Å². The van der Waals surface area contributed by atoms with Gasteiger partial charge < -0.3 is 15.3 Å². The largest absolute Gasteiger partial charge is 0.505 e. The number of phenols is 1. The smallest absolute Gasteiger partial charge is 0.266 e. The van der Waals surface area contributed by atoms with Gasteiger partial charge in [-0.1, -0.05) is 12.8 Å². The Morgan fingerprint density at radius 1 is 1.03 bits per heavy atom. The van der Waals surface area contributed by atoms with E-state index in [0.717, 1.165) is 30.6 Å². The fourth-order valence-electron chi connectivity index (χ4n) is 6.27. The SMILES string of the molecule is CN(c1ccc2c(c1O)C(=O)N(C1CCC(=O)NC1=O)C2=O)[C@H]1CCCC[C@@H]1NC1CCC(F)(F)CC1. The molecule has 4 amide bonds. The molecule has 5 rings (SSSR count). The Kier molecular flexibility index (Phi) is 6.68. The van der Waals surface area contributed by atoms with Gasteiger partial charge in [-0.25, -0.2) is 8.78 Å². The Hall–Kier alpha value is -3.08. The van der Waals surface area contributed by atoms with Crippen LogP contribution in [0.3, 0.4) is 0 Å². The number of nitrogens with one attached hydrogen (secondary N) is 2. The first-order valence-electron chi connectivity index (χ1n) is 13.0. The average molecular weight is 519 g/mol. The third-order valence-electron chi connectivity index (χ3n) is 8.33. The maximum atomic E-state index is 13.6. The number of likely N-dealkylation sites (N-methyl/N-ethyl adjacent to an activating group) is 1. The van der Waals surface area contributed by atoms with Gasteiger partial charge in [-0.05, 0) is 44.2 Å². The normalized spacial score (nSPS) is 28.3. The quantitative estimate of drug-likeness (QED) is 0.513. The highest BCUT2D eigenvalue weighted by Crippen LogP contribution is 2.41. The number of piperidine rings is 1. The summed E-state index contributed by atoms with van der Waals surface area (Å²) < 4.78 is 27.2. The lowest BCUT2D eigenvalue weighted by Crippen LogP contribution is -2.54. The minimum absolute atomic E-state index is 0.00789. The molecule has 0 aromatic heterocycles. The summed E-state index contributed by atoms with van der Waals surface area (Å²) in [4.78, 5) is 52.9. The maximum absolute atomic E-state index is 13.6. The van der Waals surface area contributed by atoms with Gasteiger partial charge in [0.25, 0.3) is 11.8 Å². The summed E-state index contributed by atoms with van der Waals surface area (Å²) in [6.45, 7) is 0. The zero-order chi connectivity index (χ0) is 26.5. The molecule has 3 N–H and O–H groups in total. The molecule has 2 aliphatic carbocycles. The number of fused-ring (bicyclic) bond motifs is 1. The minimum atomic E-state index is -2.59. The number of hydrogen-bond acceptors (Lipinski definition) is 7. The molecule has 2 heterocycles. The number of phenolic OH excluding ortho intramolecular Hbond substituents is 1. The van der Waals surface area contributed by atoms with Gasteiger partial charge in [0.15, 0.2) is 5.75 Å². The fraction of sp³-hybridized carbons (Fsp3) is 0.615. The van der Waals surface area contributed by atoms with Crippen LogP contribution in [0.2, 0.25) is 0 Å². The first-order chi connectivity index (χ1) is 17.6. The standard InChI is InChI=1S/C26H32F2N4O5/c1-31(17-5-3-2-4-16(17)29-14-10-12-26(27,28)13-11-14)18-7-6-15-21(22(18)34)25(37)32(24(15)36)19-8-9-20(33)30-23(19)35/h6-7,14,16-17,19,29,34H,2-5,8-13H2,1H3,(H,30,33,35)/t16-,17-,19?/m0/s1. The topological polar surface area (TPSA) is 119 Å². The van der Waals surface area contributed by atoms with Crippen LogP contribution in [-0.2, 0) is 9.59 Å². The summed E-state index contributed by atoms with van der Waals surface area (Å²) in [6.07, 6.45) is 4.30. The maximum Gasteiger partial charge on any atom is 0.266 e. The molecule has 1 unspecified atom stereocenters. The number of nitrogens with zero attached hydrogens (tertiary/aromatic N) is 2. The van der Waals surface area contributed by atoms with Gasteiger partial charge >= 0.3 is 0 Å². The summed E-state index contributed by atoms with van der Waals surface area (Å²) in [5.74, 6) is -5.52. The van der Waals surface area contributed by atoms with E-state index in [9.17, 15) is 33.1 Å². The van der Waals surface area contributed by atoms with Crippen molar-refractivity contribution in [2.45, 2.75) is 94.3 Å². The van der Waals surface area contributed by atoms with Crippen LogP contribution in [0.15, 0.2) is 12.1 Å². The molecule has 3 atom stereocenters. The number of amides is 4. The van der Waals surface area contributed by atoms with Gasteiger partial charge in [0.05, 0.1) is 16.8 Å². The molecule has 3 fully saturated rings. The second-order valence-corrected chi connectivity index (χ2v) is 10.7. The Bertz CT molecular complexity index is 1130. The van der Waals surface area contributed by atoms with E-state index in [1.807, 2.05) is 11.9 Å². The fourth-order valence-corrected chi connectivity index (χ4v) is 6.27. The average Bonchev–Trinajstić information content (AvgIpc) is 3.11. The van der Waals surface area contributed by atoms with E-state index < -0.39 is 35.6 Å². The molecule has 4 aliphatic rings. The van der Waals surface area contributed by atoms with Gasteiger partial charge in [0, 0.05) is 44.4 Å². The van der Waals surface area contributed by atoms with Gasteiger partial charge in [-0.15, -0.1) is 0 Å². The number of aromatic hydroxyl groups is 1. The number of carbonyl (C=O) groups excluding carboxylic acids is 4. The number of carbonyl (C=O) groups is 4. The van der Waals surface area contributed by atoms with Crippen molar-refractivity contribution in [1.29, 1.82) is 0 Å². The number of rotatable bonds is 5. The number of imide groups is 2. The van der Waals surface area contributed by atoms with Crippen LogP contribution < -0.4 is 15.5 Å². The van der Waals surface area contributed by atoms with Crippen LogP contribution >= 0.6 is 0 Å². The second-order valence-electron chi connectivity index (χ2n) is 10.7. The van der Waals surface area contributed by atoms with E-state index in [1.54, 1.807) is 6.07 Å². The molecular formula is C26H32F2N4O5. The third kappa shape index (κ3) is 4.69. The summed E-state index contributed by atoms with van der Waals surface area (Å²) in [7, 11) is 1.82. The van der Waals surface area contributed by atoms with Gasteiger partial charge in [0.2, 0.25) is 17.7 Å². The molecule has 37 heavy (non-hydrogen) atoms. The van der Waals surface area contributed by atoms with E-state index in [1.165, 1.54) is 6.07 Å². The van der Waals surface area contributed by atoms with Crippen LogP contribution in [0.25, 0.3) is 0 Å². The van der Waals surface area contributed by atoms with Crippen molar-refractivity contribution < 1.29 is 33.1 Å². The van der Waals surface area contributed by atoms with E-state index in [-0.39, 0.29) is 60.7 Å². The lowest BCUT2D eigenvalue weighted by atomic mass is 9.86. The summed E-state index contributed by atoms with van der Waals surface area (Å²) in [5.41, 5.74) is 0.263. The highest BCUT2D eigenvalue weighted by atomic mass is 19.3. The molecule has 2 saturated carbocycles. The zero-order valence-corrected chi connectivity index (χ0v) is 20.8. The Morgan fingerprint density at radius 3 is 2.43 bits per heavy atom. The third-order valence-corrected chi connectivity index (χ3v) is 8.33. The Balaban J connectivity index is 1.36. The van der Waals surface area contributed by atoms with Crippen molar-refractivity contribution in [3.63, 3.8) is 0 Å². The molecule has 2 aliphatic heterocycles. The molecular weight excluding hydrogens is 486 g/mol. The van der Waals surface area contributed by atoms with Crippen LogP contribution in [0.5, 0.6) is 5.75 Å². The van der Waals surface area contributed by atoms with Crippen molar-refractivity contribution in [1.82, 2.24) is 15.5 Å².